The van der Waals surface area contributed by atoms with Gasteiger partial charge in [0.15, 0.2) is 10.8 Å². The second-order valence-electron chi connectivity index (χ2n) is 5.48. The lowest BCUT2D eigenvalue weighted by Crippen LogP contribution is -2.26. The van der Waals surface area contributed by atoms with Gasteiger partial charge in [-0.2, -0.15) is 0 Å². The molecular formula is C18H17ClN4O2S. The Morgan fingerprint density at radius 1 is 1.27 bits per heavy atom. The van der Waals surface area contributed by atoms with Gasteiger partial charge in [0, 0.05) is 24.3 Å². The summed E-state index contributed by atoms with van der Waals surface area (Å²) in [5.41, 5.74) is 1.09. The molecule has 6 nitrogen and oxygen atoms in total. The van der Waals surface area contributed by atoms with Crippen molar-refractivity contribution in [3.05, 3.63) is 63.5 Å². The Morgan fingerprint density at radius 3 is 2.85 bits per heavy atom. The molecule has 26 heavy (non-hydrogen) atoms. The molecule has 0 spiro atoms. The van der Waals surface area contributed by atoms with Crippen molar-refractivity contribution in [2.24, 2.45) is 0 Å². The van der Waals surface area contributed by atoms with E-state index in [2.05, 4.69) is 15.3 Å². The molecule has 0 unspecified atom stereocenters. The van der Waals surface area contributed by atoms with Gasteiger partial charge < -0.3 is 5.32 Å². The molecule has 0 radical (unpaired) electrons. The normalized spacial score (nSPS) is 10.8. The third-order valence-electron chi connectivity index (χ3n) is 3.78. The first-order valence-corrected chi connectivity index (χ1v) is 9.45. The second-order valence-corrected chi connectivity index (χ2v) is 6.82. The first-order valence-electron chi connectivity index (χ1n) is 8.08. The number of fused-ring (bicyclic) bond motifs is 1. The van der Waals surface area contributed by atoms with E-state index in [0.29, 0.717) is 34.3 Å². The molecular weight excluding hydrogens is 372 g/mol. The molecule has 0 aliphatic rings. The number of thioether (sulfide) groups is 1. The highest BCUT2D eigenvalue weighted by Gasteiger charge is 2.13. The molecule has 0 saturated heterocycles. The van der Waals surface area contributed by atoms with E-state index in [9.17, 15) is 9.59 Å². The Kier molecular flexibility index (Phi) is 5.90. The minimum Gasteiger partial charge on any atom is -0.351 e. The van der Waals surface area contributed by atoms with E-state index in [4.69, 9.17) is 11.6 Å². The SMILES string of the molecule is CCn1c(SCC(=O)NCc2ccccc2Cl)nc2ncccc2c1=O. The van der Waals surface area contributed by atoms with Gasteiger partial charge in [-0.3, -0.25) is 14.2 Å². The van der Waals surface area contributed by atoms with Crippen molar-refractivity contribution in [1.82, 2.24) is 19.9 Å². The van der Waals surface area contributed by atoms with Crippen molar-refractivity contribution in [1.29, 1.82) is 0 Å². The van der Waals surface area contributed by atoms with Crippen LogP contribution in [0.15, 0.2) is 52.5 Å². The molecule has 1 amide bonds. The van der Waals surface area contributed by atoms with E-state index in [0.717, 1.165) is 5.56 Å². The molecule has 0 aliphatic carbocycles. The topological polar surface area (TPSA) is 76.9 Å². The van der Waals surface area contributed by atoms with Gasteiger partial charge in [0.25, 0.3) is 5.56 Å². The number of nitrogens with one attached hydrogen (secondary N) is 1. The molecule has 0 saturated carbocycles. The van der Waals surface area contributed by atoms with Gasteiger partial charge in [0.2, 0.25) is 5.91 Å². The van der Waals surface area contributed by atoms with E-state index in [-0.39, 0.29) is 17.2 Å². The van der Waals surface area contributed by atoms with Crippen molar-refractivity contribution < 1.29 is 4.79 Å². The first-order chi connectivity index (χ1) is 12.6. The Balaban J connectivity index is 1.70. The lowest BCUT2D eigenvalue weighted by Gasteiger charge is -2.11. The summed E-state index contributed by atoms with van der Waals surface area (Å²) < 4.78 is 1.55. The molecule has 2 aromatic heterocycles. The van der Waals surface area contributed by atoms with Gasteiger partial charge in [0.1, 0.15) is 0 Å². The van der Waals surface area contributed by atoms with Gasteiger partial charge in [0.05, 0.1) is 11.1 Å². The molecule has 3 aromatic rings. The summed E-state index contributed by atoms with van der Waals surface area (Å²) in [5, 5.41) is 4.39. The summed E-state index contributed by atoms with van der Waals surface area (Å²) in [6.45, 7) is 2.69. The van der Waals surface area contributed by atoms with Gasteiger partial charge in [-0.05, 0) is 30.7 Å². The number of aromatic nitrogens is 3. The van der Waals surface area contributed by atoms with Crippen molar-refractivity contribution in [3.8, 4) is 0 Å². The van der Waals surface area contributed by atoms with Crippen molar-refractivity contribution in [3.63, 3.8) is 0 Å². The quantitative estimate of drug-likeness (QED) is 0.519. The zero-order valence-electron chi connectivity index (χ0n) is 14.1. The number of carbonyl (C=O) groups is 1. The van der Waals surface area contributed by atoms with Gasteiger partial charge >= 0.3 is 0 Å². The molecule has 3 rings (SSSR count). The largest absolute Gasteiger partial charge is 0.351 e. The molecule has 0 atom stereocenters. The fourth-order valence-electron chi connectivity index (χ4n) is 2.44. The minimum absolute atomic E-state index is 0.148. The van der Waals surface area contributed by atoms with Gasteiger partial charge in [-0.15, -0.1) is 0 Å². The molecule has 0 aliphatic heterocycles. The van der Waals surface area contributed by atoms with Crippen LogP contribution in [-0.4, -0.2) is 26.2 Å². The Bertz CT molecular complexity index is 1010. The molecule has 1 N–H and O–H groups in total. The predicted molar refractivity (Wildman–Crippen MR) is 103 cm³/mol. The van der Waals surface area contributed by atoms with Crippen LogP contribution in [0.5, 0.6) is 0 Å². The van der Waals surface area contributed by atoms with E-state index in [1.54, 1.807) is 29.0 Å². The van der Waals surface area contributed by atoms with E-state index in [1.165, 1.54) is 11.8 Å². The van der Waals surface area contributed by atoms with Crippen LogP contribution in [0.3, 0.4) is 0 Å². The maximum Gasteiger partial charge on any atom is 0.263 e. The average Bonchev–Trinajstić information content (AvgIpc) is 2.66. The van der Waals surface area contributed by atoms with Crippen LogP contribution in [0.2, 0.25) is 5.02 Å². The van der Waals surface area contributed by atoms with Crippen molar-refractivity contribution in [2.75, 3.05) is 5.75 Å². The molecule has 8 heteroatoms. The Morgan fingerprint density at radius 2 is 2.08 bits per heavy atom. The van der Waals surface area contributed by atoms with Crippen molar-refractivity contribution in [2.45, 2.75) is 25.2 Å². The summed E-state index contributed by atoms with van der Waals surface area (Å²) in [5.74, 6) is -0.0113. The number of benzene rings is 1. The third-order valence-corrected chi connectivity index (χ3v) is 5.12. The number of pyridine rings is 1. The highest BCUT2D eigenvalue weighted by atomic mass is 35.5. The Hall–Kier alpha value is -2.38. The fraction of sp³-hybridized carbons (Fsp3) is 0.222. The van der Waals surface area contributed by atoms with Crippen LogP contribution in [0.1, 0.15) is 12.5 Å². The molecule has 0 bridgehead atoms. The van der Waals surface area contributed by atoms with Crippen LogP contribution >= 0.6 is 23.4 Å². The minimum atomic E-state index is -0.159. The van der Waals surface area contributed by atoms with Crippen molar-refractivity contribution >= 4 is 40.3 Å². The number of hydrogen-bond donors (Lipinski definition) is 1. The molecule has 134 valence electrons. The van der Waals surface area contributed by atoms with Crippen LogP contribution in [-0.2, 0) is 17.9 Å². The summed E-state index contributed by atoms with van der Waals surface area (Å²) in [7, 11) is 0. The van der Waals surface area contributed by atoms with E-state index < -0.39 is 0 Å². The Labute approximate surface area is 159 Å². The zero-order valence-corrected chi connectivity index (χ0v) is 15.7. The zero-order chi connectivity index (χ0) is 18.5. The first kappa shape index (κ1) is 18.4. The number of hydrogen-bond acceptors (Lipinski definition) is 5. The molecule has 2 heterocycles. The number of rotatable bonds is 6. The summed E-state index contributed by atoms with van der Waals surface area (Å²) in [4.78, 5) is 33.2. The summed E-state index contributed by atoms with van der Waals surface area (Å²) >= 11 is 7.30. The van der Waals surface area contributed by atoms with E-state index >= 15 is 0 Å². The maximum atomic E-state index is 12.5. The maximum absolute atomic E-state index is 12.5. The molecule has 1 aromatic carbocycles. The number of halogens is 1. The van der Waals surface area contributed by atoms with E-state index in [1.807, 2.05) is 25.1 Å². The fourth-order valence-corrected chi connectivity index (χ4v) is 3.53. The number of amides is 1. The second kappa shape index (κ2) is 8.33. The number of nitrogens with zero attached hydrogens (tertiary/aromatic N) is 3. The average molecular weight is 389 g/mol. The highest BCUT2D eigenvalue weighted by Crippen LogP contribution is 2.17. The lowest BCUT2D eigenvalue weighted by atomic mass is 10.2. The van der Waals surface area contributed by atoms with Gasteiger partial charge in [-0.25, -0.2) is 9.97 Å². The standard InChI is InChI=1S/C18H17ClN4O2S/c1-2-23-17(25)13-7-5-9-20-16(13)22-18(23)26-11-15(24)21-10-12-6-3-4-8-14(12)19/h3-9H,2,10-11H2,1H3,(H,21,24). The highest BCUT2D eigenvalue weighted by molar-refractivity contribution is 7.99. The predicted octanol–water partition coefficient (Wildman–Crippen LogP) is 2.87. The van der Waals surface area contributed by atoms with Crippen LogP contribution in [0.25, 0.3) is 11.0 Å². The third kappa shape index (κ3) is 4.05. The molecule has 0 fully saturated rings. The summed E-state index contributed by atoms with van der Waals surface area (Å²) in [6.07, 6.45) is 1.59. The number of carbonyl (C=O) groups excluding carboxylic acids is 1. The lowest BCUT2D eigenvalue weighted by molar-refractivity contribution is -0.118. The van der Waals surface area contributed by atoms with Crippen LogP contribution in [0, 0.1) is 0 Å². The van der Waals surface area contributed by atoms with Gasteiger partial charge in [-0.1, -0.05) is 41.6 Å². The van der Waals surface area contributed by atoms with Crippen LogP contribution in [0.4, 0.5) is 0 Å². The monoisotopic (exact) mass is 388 g/mol. The smallest absolute Gasteiger partial charge is 0.263 e. The van der Waals surface area contributed by atoms with Crippen LogP contribution < -0.4 is 10.9 Å². The summed E-state index contributed by atoms with van der Waals surface area (Å²) in [6, 6.07) is 10.8.